The van der Waals surface area contributed by atoms with Crippen LogP contribution < -0.4 is 16.4 Å². The Hall–Kier alpha value is -1.89. The summed E-state index contributed by atoms with van der Waals surface area (Å²) in [5.41, 5.74) is 5.78. The summed E-state index contributed by atoms with van der Waals surface area (Å²) in [6, 6.07) is 1.78. The zero-order valence-electron chi connectivity index (χ0n) is 8.64. The van der Waals surface area contributed by atoms with Crippen molar-refractivity contribution in [3.8, 4) is 0 Å². The van der Waals surface area contributed by atoms with E-state index in [9.17, 15) is 10.1 Å². The zero-order valence-corrected chi connectivity index (χ0v) is 8.64. The first-order valence-corrected chi connectivity index (χ1v) is 5.04. The van der Waals surface area contributed by atoms with Crippen LogP contribution in [0.4, 0.5) is 17.2 Å². The van der Waals surface area contributed by atoms with Crippen molar-refractivity contribution in [2.75, 3.05) is 24.1 Å². The van der Waals surface area contributed by atoms with E-state index in [2.05, 4.69) is 15.6 Å². The van der Waals surface area contributed by atoms with Crippen molar-refractivity contribution in [2.45, 2.75) is 12.5 Å². The summed E-state index contributed by atoms with van der Waals surface area (Å²) in [6.07, 6.45) is 2.41. The van der Waals surface area contributed by atoms with Crippen LogP contribution in [-0.2, 0) is 0 Å². The molecule has 0 aromatic carbocycles. The second-order valence-electron chi connectivity index (χ2n) is 3.68. The van der Waals surface area contributed by atoms with Crippen LogP contribution >= 0.6 is 0 Å². The molecule has 7 heteroatoms. The molecule has 2 rings (SSSR count). The highest BCUT2D eigenvalue weighted by Crippen LogP contribution is 2.29. The maximum absolute atomic E-state index is 10.8. The second kappa shape index (κ2) is 4.31. The minimum atomic E-state index is -0.507. The Bertz CT molecular complexity index is 403. The molecule has 0 radical (unpaired) electrons. The van der Waals surface area contributed by atoms with Crippen molar-refractivity contribution in [3.05, 3.63) is 22.4 Å². The standard InChI is InChI=1S/C9H13N5O2/c10-9-8(14(15)16)7(2-4-12-9)13-6-1-3-11-5-6/h2,4,6,11H,1,3,5H2,(H3,10,12,13). The summed E-state index contributed by atoms with van der Waals surface area (Å²) in [4.78, 5) is 14.1. The Morgan fingerprint density at radius 1 is 1.69 bits per heavy atom. The molecule has 0 aliphatic carbocycles. The summed E-state index contributed by atoms with van der Waals surface area (Å²) >= 11 is 0. The number of nitro groups is 1. The van der Waals surface area contributed by atoms with Crippen molar-refractivity contribution >= 4 is 17.2 Å². The fraction of sp³-hybridized carbons (Fsp3) is 0.444. The molecule has 0 spiro atoms. The molecular formula is C9H13N5O2. The van der Waals surface area contributed by atoms with Crippen LogP contribution in [0, 0.1) is 10.1 Å². The predicted octanol–water partition coefficient (Wildman–Crippen LogP) is 0.346. The van der Waals surface area contributed by atoms with E-state index >= 15 is 0 Å². The van der Waals surface area contributed by atoms with Gasteiger partial charge >= 0.3 is 5.69 Å². The smallest absolute Gasteiger partial charge is 0.333 e. The van der Waals surface area contributed by atoms with Gasteiger partial charge in [-0.25, -0.2) is 4.98 Å². The van der Waals surface area contributed by atoms with Crippen molar-refractivity contribution in [3.63, 3.8) is 0 Å². The number of hydrogen-bond donors (Lipinski definition) is 3. The summed E-state index contributed by atoms with van der Waals surface area (Å²) in [5, 5.41) is 17.1. The molecule has 86 valence electrons. The summed E-state index contributed by atoms with van der Waals surface area (Å²) in [6.45, 7) is 1.73. The lowest BCUT2D eigenvalue weighted by atomic mass is 10.2. The van der Waals surface area contributed by atoms with Gasteiger partial charge in [0, 0.05) is 18.8 Å². The van der Waals surface area contributed by atoms with Gasteiger partial charge in [-0.2, -0.15) is 0 Å². The highest BCUT2D eigenvalue weighted by Gasteiger charge is 2.22. The number of rotatable bonds is 3. The van der Waals surface area contributed by atoms with Crippen molar-refractivity contribution < 1.29 is 4.92 Å². The van der Waals surface area contributed by atoms with Crippen molar-refractivity contribution in [2.24, 2.45) is 0 Å². The van der Waals surface area contributed by atoms with Crippen LogP contribution in [0.5, 0.6) is 0 Å². The number of hydrogen-bond acceptors (Lipinski definition) is 6. The first-order chi connectivity index (χ1) is 7.68. The van der Waals surface area contributed by atoms with Gasteiger partial charge in [0.05, 0.1) is 4.92 Å². The minimum absolute atomic E-state index is 0.0547. The number of aromatic nitrogens is 1. The molecule has 0 amide bonds. The van der Waals surface area contributed by atoms with E-state index in [4.69, 9.17) is 5.73 Å². The average Bonchev–Trinajstić information content (AvgIpc) is 2.70. The largest absolute Gasteiger partial charge is 0.378 e. The lowest BCUT2D eigenvalue weighted by Crippen LogP contribution is -2.22. The van der Waals surface area contributed by atoms with E-state index in [0.717, 1.165) is 19.5 Å². The van der Waals surface area contributed by atoms with Gasteiger partial charge in [-0.1, -0.05) is 0 Å². The molecule has 1 aliphatic rings. The summed E-state index contributed by atoms with van der Waals surface area (Å²) in [7, 11) is 0. The normalized spacial score (nSPS) is 19.6. The van der Waals surface area contributed by atoms with Gasteiger partial charge in [0.25, 0.3) is 0 Å². The maximum atomic E-state index is 10.8. The number of nitrogens with zero attached hydrogens (tertiary/aromatic N) is 2. The van der Waals surface area contributed by atoms with Crippen molar-refractivity contribution in [1.29, 1.82) is 0 Å². The van der Waals surface area contributed by atoms with Crippen LogP contribution in [0.2, 0.25) is 0 Å². The number of anilines is 2. The Balaban J connectivity index is 2.25. The highest BCUT2D eigenvalue weighted by molar-refractivity contribution is 5.71. The van der Waals surface area contributed by atoms with E-state index in [1.54, 1.807) is 6.07 Å². The van der Waals surface area contributed by atoms with E-state index in [-0.39, 0.29) is 17.5 Å². The van der Waals surface area contributed by atoms with Gasteiger partial charge in [0.15, 0.2) is 0 Å². The molecule has 1 atom stereocenters. The topological polar surface area (TPSA) is 106 Å². The zero-order chi connectivity index (χ0) is 11.5. The predicted molar refractivity (Wildman–Crippen MR) is 60.2 cm³/mol. The molecule has 4 N–H and O–H groups in total. The van der Waals surface area contributed by atoms with E-state index in [1.807, 2.05) is 0 Å². The van der Waals surface area contributed by atoms with Gasteiger partial charge in [-0.05, 0) is 19.0 Å². The number of pyridine rings is 1. The number of nitrogen functional groups attached to an aromatic ring is 1. The molecule has 1 aromatic heterocycles. The number of nitrogens with two attached hydrogens (primary N) is 1. The van der Waals surface area contributed by atoms with Gasteiger partial charge in [-0.3, -0.25) is 10.1 Å². The lowest BCUT2D eigenvalue weighted by Gasteiger charge is -2.13. The molecule has 2 heterocycles. The van der Waals surface area contributed by atoms with Crippen LogP contribution in [0.25, 0.3) is 0 Å². The van der Waals surface area contributed by atoms with Gasteiger partial charge in [-0.15, -0.1) is 0 Å². The highest BCUT2D eigenvalue weighted by atomic mass is 16.6. The monoisotopic (exact) mass is 223 g/mol. The fourth-order valence-electron chi connectivity index (χ4n) is 1.78. The molecule has 1 aliphatic heterocycles. The third-order valence-corrected chi connectivity index (χ3v) is 2.56. The average molecular weight is 223 g/mol. The summed E-state index contributed by atoms with van der Waals surface area (Å²) in [5.74, 6) is -0.0547. The minimum Gasteiger partial charge on any atom is -0.378 e. The fourth-order valence-corrected chi connectivity index (χ4v) is 1.78. The Morgan fingerprint density at radius 3 is 3.12 bits per heavy atom. The Kier molecular flexibility index (Phi) is 2.86. The molecule has 1 aromatic rings. The molecule has 0 saturated carbocycles. The molecule has 1 fully saturated rings. The van der Waals surface area contributed by atoms with E-state index in [0.29, 0.717) is 5.69 Å². The third kappa shape index (κ3) is 2.03. The SMILES string of the molecule is Nc1nccc(NC2CCNC2)c1[N+](=O)[O-]. The molecule has 1 saturated heterocycles. The molecule has 1 unspecified atom stereocenters. The Labute approximate surface area is 92.2 Å². The quantitative estimate of drug-likeness (QED) is 0.504. The van der Waals surface area contributed by atoms with Gasteiger partial charge in [0.1, 0.15) is 5.69 Å². The van der Waals surface area contributed by atoms with Crippen LogP contribution in [0.1, 0.15) is 6.42 Å². The van der Waals surface area contributed by atoms with Gasteiger partial charge < -0.3 is 16.4 Å². The third-order valence-electron chi connectivity index (χ3n) is 2.56. The lowest BCUT2D eigenvalue weighted by molar-refractivity contribution is -0.383. The van der Waals surface area contributed by atoms with Crippen molar-refractivity contribution in [1.82, 2.24) is 10.3 Å². The van der Waals surface area contributed by atoms with Crippen LogP contribution in [0.15, 0.2) is 12.3 Å². The first-order valence-electron chi connectivity index (χ1n) is 5.04. The molecular weight excluding hydrogens is 210 g/mol. The van der Waals surface area contributed by atoms with E-state index in [1.165, 1.54) is 6.20 Å². The second-order valence-corrected chi connectivity index (χ2v) is 3.68. The van der Waals surface area contributed by atoms with Crippen LogP contribution in [-0.4, -0.2) is 29.0 Å². The van der Waals surface area contributed by atoms with E-state index < -0.39 is 4.92 Å². The molecule has 7 nitrogen and oxygen atoms in total. The first kappa shape index (κ1) is 10.6. The summed E-state index contributed by atoms with van der Waals surface area (Å²) < 4.78 is 0. The van der Waals surface area contributed by atoms with Gasteiger partial charge in [0.2, 0.25) is 5.82 Å². The maximum Gasteiger partial charge on any atom is 0.333 e. The molecule has 0 bridgehead atoms. The number of nitrogens with one attached hydrogen (secondary N) is 2. The van der Waals surface area contributed by atoms with Crippen LogP contribution in [0.3, 0.4) is 0 Å². The molecule has 16 heavy (non-hydrogen) atoms. The Morgan fingerprint density at radius 2 is 2.50 bits per heavy atom.